The molecule has 34 heavy (non-hydrogen) atoms. The van der Waals surface area contributed by atoms with Gasteiger partial charge < -0.3 is 38.3 Å². The second-order valence-corrected chi connectivity index (χ2v) is 7.78. The summed E-state index contributed by atoms with van der Waals surface area (Å²) in [5, 5.41) is 8.59. The summed E-state index contributed by atoms with van der Waals surface area (Å²) in [4.78, 5) is 4.85. The monoisotopic (exact) mass is 486 g/mol. The summed E-state index contributed by atoms with van der Waals surface area (Å²) < 4.78 is 38.2. The van der Waals surface area contributed by atoms with Crippen molar-refractivity contribution in [2.24, 2.45) is 0 Å². The van der Waals surface area contributed by atoms with E-state index >= 15 is 0 Å². The number of methoxy groups -OCH3 is 3. The molecule has 1 saturated heterocycles. The zero-order chi connectivity index (χ0) is 24.4. The molecule has 1 heterocycles. The van der Waals surface area contributed by atoms with Crippen LogP contribution in [0.25, 0.3) is 0 Å². The van der Waals surface area contributed by atoms with Crippen LogP contribution in [0.3, 0.4) is 0 Å². The molecule has 1 fully saturated rings. The van der Waals surface area contributed by atoms with E-state index < -0.39 is 0 Å². The van der Waals surface area contributed by atoms with Crippen LogP contribution in [0.1, 0.15) is 5.56 Å². The van der Waals surface area contributed by atoms with Gasteiger partial charge in [-0.3, -0.25) is 9.80 Å². The van der Waals surface area contributed by atoms with E-state index in [0.29, 0.717) is 64.4 Å². The van der Waals surface area contributed by atoms with Crippen molar-refractivity contribution in [1.29, 1.82) is 0 Å². The Morgan fingerprint density at radius 1 is 0.647 bits per heavy atom. The summed E-state index contributed by atoms with van der Waals surface area (Å²) in [6.45, 7) is 10.0. The molecule has 2 rings (SSSR count). The van der Waals surface area contributed by atoms with Crippen molar-refractivity contribution < 1.29 is 38.3 Å². The predicted molar refractivity (Wildman–Crippen MR) is 128 cm³/mol. The van der Waals surface area contributed by atoms with Crippen LogP contribution in [-0.2, 0) is 25.5 Å². The summed E-state index contributed by atoms with van der Waals surface area (Å²) >= 11 is 0. The fourth-order valence-corrected chi connectivity index (χ4v) is 3.72. The highest BCUT2D eigenvalue weighted by Gasteiger charge is 2.21. The van der Waals surface area contributed by atoms with Crippen LogP contribution >= 0.6 is 0 Å². The summed E-state index contributed by atoms with van der Waals surface area (Å²) in [6.07, 6.45) is 0. The van der Waals surface area contributed by atoms with Crippen LogP contribution in [0.4, 0.5) is 0 Å². The van der Waals surface area contributed by atoms with Gasteiger partial charge in [-0.1, -0.05) is 6.07 Å². The van der Waals surface area contributed by atoms with E-state index in [-0.39, 0.29) is 6.61 Å². The van der Waals surface area contributed by atoms with Crippen LogP contribution in [-0.4, -0.2) is 128 Å². The topological polar surface area (TPSA) is 91.3 Å². The fraction of sp³-hybridized carbons (Fsp3) is 0.750. The van der Waals surface area contributed by atoms with Crippen molar-refractivity contribution >= 4 is 0 Å². The molecule has 1 aliphatic heterocycles. The SMILES string of the molecule is COc1ccc(CN2CCN(CCOCCOCCOCCOCCO)CC2)c(OC)c1OC. The lowest BCUT2D eigenvalue weighted by atomic mass is 10.1. The van der Waals surface area contributed by atoms with Gasteiger partial charge in [0.1, 0.15) is 0 Å². The minimum Gasteiger partial charge on any atom is -0.493 e. The van der Waals surface area contributed by atoms with Crippen LogP contribution in [0, 0.1) is 0 Å². The van der Waals surface area contributed by atoms with E-state index in [1.807, 2.05) is 12.1 Å². The average Bonchev–Trinajstić information content (AvgIpc) is 2.87. The minimum absolute atomic E-state index is 0.0373. The van der Waals surface area contributed by atoms with Gasteiger partial charge in [0.15, 0.2) is 11.5 Å². The molecule has 0 amide bonds. The lowest BCUT2D eigenvalue weighted by Crippen LogP contribution is -2.46. The molecule has 0 spiro atoms. The number of hydrogen-bond acceptors (Lipinski definition) is 10. The second kappa shape index (κ2) is 17.7. The van der Waals surface area contributed by atoms with E-state index in [9.17, 15) is 0 Å². The maximum atomic E-state index is 8.59. The van der Waals surface area contributed by atoms with Crippen molar-refractivity contribution in [1.82, 2.24) is 9.80 Å². The first-order valence-electron chi connectivity index (χ1n) is 11.9. The molecule has 1 N–H and O–H groups in total. The highest BCUT2D eigenvalue weighted by molar-refractivity contribution is 5.55. The average molecular weight is 487 g/mol. The molecular weight excluding hydrogens is 444 g/mol. The first-order valence-corrected chi connectivity index (χ1v) is 11.9. The first-order chi connectivity index (χ1) is 16.7. The molecule has 0 saturated carbocycles. The Morgan fingerprint density at radius 2 is 1.18 bits per heavy atom. The molecule has 10 nitrogen and oxygen atoms in total. The van der Waals surface area contributed by atoms with Gasteiger partial charge >= 0.3 is 0 Å². The number of nitrogens with zero attached hydrogens (tertiary/aromatic N) is 2. The van der Waals surface area contributed by atoms with Gasteiger partial charge in [-0.15, -0.1) is 0 Å². The molecule has 0 unspecified atom stereocenters. The van der Waals surface area contributed by atoms with Crippen molar-refractivity contribution in [3.05, 3.63) is 17.7 Å². The minimum atomic E-state index is 0.0373. The van der Waals surface area contributed by atoms with Crippen molar-refractivity contribution in [2.75, 3.05) is 114 Å². The number of hydrogen-bond donors (Lipinski definition) is 1. The third kappa shape index (κ3) is 10.3. The van der Waals surface area contributed by atoms with Gasteiger partial charge in [0.05, 0.1) is 80.8 Å². The van der Waals surface area contributed by atoms with Crippen molar-refractivity contribution in [3.8, 4) is 17.2 Å². The van der Waals surface area contributed by atoms with Crippen molar-refractivity contribution in [2.45, 2.75) is 6.54 Å². The third-order valence-corrected chi connectivity index (χ3v) is 5.55. The molecular formula is C24H42N2O8. The first kappa shape index (κ1) is 28.6. The number of aliphatic hydroxyl groups excluding tert-OH is 1. The smallest absolute Gasteiger partial charge is 0.203 e. The molecule has 0 atom stereocenters. The summed E-state index contributed by atoms with van der Waals surface area (Å²) in [5.41, 5.74) is 1.09. The summed E-state index contributed by atoms with van der Waals surface area (Å²) in [6, 6.07) is 3.97. The number of piperazine rings is 1. The number of ether oxygens (including phenoxy) is 7. The van der Waals surface area contributed by atoms with Crippen LogP contribution in [0.15, 0.2) is 12.1 Å². The molecule has 10 heteroatoms. The molecule has 1 aromatic rings. The predicted octanol–water partition coefficient (Wildman–Crippen LogP) is 0.889. The quantitative estimate of drug-likeness (QED) is 0.284. The molecule has 0 radical (unpaired) electrons. The standard InChI is InChI=1S/C24H42N2O8/c1-28-22-5-4-21(23(29-2)24(22)30-3)20-26-8-6-25(7-9-26)10-12-31-14-16-33-18-19-34-17-15-32-13-11-27/h4-5,27H,6-20H2,1-3H3. The Kier molecular flexibility index (Phi) is 14.9. The maximum Gasteiger partial charge on any atom is 0.203 e. The van der Waals surface area contributed by atoms with Crippen LogP contribution in [0.2, 0.25) is 0 Å². The van der Waals surface area contributed by atoms with Gasteiger partial charge in [0.2, 0.25) is 5.75 Å². The van der Waals surface area contributed by atoms with E-state index in [0.717, 1.165) is 50.6 Å². The number of aliphatic hydroxyl groups is 1. The van der Waals surface area contributed by atoms with Crippen molar-refractivity contribution in [3.63, 3.8) is 0 Å². The Labute approximate surface area is 203 Å². The van der Waals surface area contributed by atoms with Gasteiger partial charge in [-0.25, -0.2) is 0 Å². The molecule has 0 bridgehead atoms. The maximum absolute atomic E-state index is 8.59. The lowest BCUT2D eigenvalue weighted by molar-refractivity contribution is -0.00831. The fourth-order valence-electron chi connectivity index (χ4n) is 3.72. The largest absolute Gasteiger partial charge is 0.493 e. The van der Waals surface area contributed by atoms with Gasteiger partial charge in [0.25, 0.3) is 0 Å². The highest BCUT2D eigenvalue weighted by atomic mass is 16.6. The van der Waals surface area contributed by atoms with E-state index in [1.165, 1.54) is 0 Å². The van der Waals surface area contributed by atoms with Crippen LogP contribution in [0.5, 0.6) is 17.2 Å². The normalized spacial score (nSPS) is 14.9. The Balaban J connectivity index is 1.52. The van der Waals surface area contributed by atoms with E-state index in [4.69, 9.17) is 38.3 Å². The number of benzene rings is 1. The van der Waals surface area contributed by atoms with Gasteiger partial charge in [0, 0.05) is 44.8 Å². The highest BCUT2D eigenvalue weighted by Crippen LogP contribution is 2.40. The zero-order valence-electron chi connectivity index (χ0n) is 21.0. The van der Waals surface area contributed by atoms with E-state index in [1.54, 1.807) is 21.3 Å². The second-order valence-electron chi connectivity index (χ2n) is 7.78. The summed E-state index contributed by atoms with van der Waals surface area (Å²) in [5.74, 6) is 2.05. The van der Waals surface area contributed by atoms with Gasteiger partial charge in [-0.05, 0) is 6.07 Å². The van der Waals surface area contributed by atoms with E-state index in [2.05, 4.69) is 9.80 Å². The Hall–Kier alpha value is -1.66. The zero-order valence-corrected chi connectivity index (χ0v) is 21.0. The molecule has 196 valence electrons. The Bertz CT molecular complexity index is 656. The Morgan fingerprint density at radius 3 is 1.71 bits per heavy atom. The molecule has 0 aliphatic carbocycles. The molecule has 1 aliphatic rings. The molecule has 1 aromatic carbocycles. The third-order valence-electron chi connectivity index (χ3n) is 5.55. The van der Waals surface area contributed by atoms with Gasteiger partial charge in [-0.2, -0.15) is 0 Å². The molecule has 0 aromatic heterocycles. The van der Waals surface area contributed by atoms with Crippen LogP contribution < -0.4 is 14.2 Å². The number of rotatable bonds is 19. The summed E-state index contributed by atoms with van der Waals surface area (Å²) in [7, 11) is 4.92. The lowest BCUT2D eigenvalue weighted by Gasteiger charge is -2.35.